The van der Waals surface area contributed by atoms with E-state index in [0.717, 1.165) is 43.6 Å². The van der Waals surface area contributed by atoms with Crippen molar-refractivity contribution >= 4 is 5.71 Å². The Balaban J connectivity index is 1.72. The molecule has 29 heavy (non-hydrogen) atoms. The second kappa shape index (κ2) is 8.17. The highest BCUT2D eigenvalue weighted by Crippen LogP contribution is 2.40. The molecule has 5 nitrogen and oxygen atoms in total. The summed E-state index contributed by atoms with van der Waals surface area (Å²) in [4.78, 5) is 7.59. The van der Waals surface area contributed by atoms with Crippen molar-refractivity contribution in [1.82, 2.24) is 10.2 Å². The Bertz CT molecular complexity index is 883. The second-order valence-electron chi connectivity index (χ2n) is 8.29. The van der Waals surface area contributed by atoms with Crippen LogP contribution in [-0.2, 0) is 0 Å². The second-order valence-corrected chi connectivity index (χ2v) is 8.29. The third kappa shape index (κ3) is 4.16. The zero-order valence-electron chi connectivity index (χ0n) is 17.6. The summed E-state index contributed by atoms with van der Waals surface area (Å²) in [5, 5.41) is 14.7. The van der Waals surface area contributed by atoms with Crippen molar-refractivity contribution in [3.8, 4) is 11.5 Å². The normalized spacial score (nSPS) is 21.8. The van der Waals surface area contributed by atoms with Gasteiger partial charge in [0.1, 0.15) is 5.66 Å². The number of piperidine rings is 1. The van der Waals surface area contributed by atoms with E-state index in [2.05, 4.69) is 48.5 Å². The van der Waals surface area contributed by atoms with E-state index in [0.29, 0.717) is 12.4 Å². The molecular weight excluding hydrogens is 362 g/mol. The highest BCUT2D eigenvalue weighted by Gasteiger charge is 2.40. The standard InChI is InChI=1S/C24H31N3O2/c1-4-29-22-7-5-6-19(23(22)28)21-16-20(18-10-8-17(2)9-11-18)25-24(26-21)12-14-27(3)15-13-24/h5-11,21,26,28H,4,12-16H2,1-3H3. The van der Waals surface area contributed by atoms with E-state index in [4.69, 9.17) is 9.73 Å². The van der Waals surface area contributed by atoms with Gasteiger partial charge in [0.2, 0.25) is 0 Å². The van der Waals surface area contributed by atoms with Gasteiger partial charge in [0, 0.05) is 36.8 Å². The first-order chi connectivity index (χ1) is 14.0. The highest BCUT2D eigenvalue weighted by molar-refractivity contribution is 6.01. The van der Waals surface area contributed by atoms with E-state index >= 15 is 0 Å². The van der Waals surface area contributed by atoms with Gasteiger partial charge in [-0.3, -0.25) is 10.3 Å². The number of nitrogens with zero attached hydrogens (tertiary/aromatic N) is 2. The van der Waals surface area contributed by atoms with Crippen LogP contribution < -0.4 is 10.1 Å². The third-order valence-corrected chi connectivity index (χ3v) is 6.09. The Morgan fingerprint density at radius 2 is 1.90 bits per heavy atom. The summed E-state index contributed by atoms with van der Waals surface area (Å²) in [7, 11) is 2.16. The first kappa shape index (κ1) is 19.9. The topological polar surface area (TPSA) is 57.1 Å². The van der Waals surface area contributed by atoms with Crippen molar-refractivity contribution in [2.45, 2.75) is 44.8 Å². The van der Waals surface area contributed by atoms with Crippen LogP contribution >= 0.6 is 0 Å². The molecule has 2 N–H and O–H groups in total. The number of para-hydroxylation sites is 1. The summed E-state index contributed by atoms with van der Waals surface area (Å²) in [6.45, 7) is 6.58. The van der Waals surface area contributed by atoms with E-state index in [1.165, 1.54) is 11.1 Å². The Morgan fingerprint density at radius 1 is 1.17 bits per heavy atom. The van der Waals surface area contributed by atoms with Crippen molar-refractivity contribution in [3.05, 3.63) is 59.2 Å². The molecule has 0 saturated carbocycles. The molecule has 1 fully saturated rings. The molecule has 2 aromatic rings. The number of hydrogen-bond donors (Lipinski definition) is 2. The smallest absolute Gasteiger partial charge is 0.162 e. The molecule has 1 saturated heterocycles. The SMILES string of the molecule is CCOc1cccc(C2CC(c3ccc(C)cc3)=NC3(CCN(C)CC3)N2)c1O. The summed E-state index contributed by atoms with van der Waals surface area (Å²) >= 11 is 0. The predicted molar refractivity (Wildman–Crippen MR) is 117 cm³/mol. The number of rotatable bonds is 4. The monoisotopic (exact) mass is 393 g/mol. The molecule has 2 aliphatic heterocycles. The number of aromatic hydroxyl groups is 1. The van der Waals surface area contributed by atoms with Crippen LogP contribution in [0.2, 0.25) is 0 Å². The van der Waals surface area contributed by atoms with E-state index in [9.17, 15) is 5.11 Å². The Hall–Kier alpha value is -2.37. The minimum atomic E-state index is -0.288. The molecule has 1 unspecified atom stereocenters. The number of aliphatic imine (C=N–C) groups is 1. The summed E-state index contributed by atoms with van der Waals surface area (Å²) in [6.07, 6.45) is 2.66. The Morgan fingerprint density at radius 3 is 2.59 bits per heavy atom. The predicted octanol–water partition coefficient (Wildman–Crippen LogP) is 4.04. The lowest BCUT2D eigenvalue weighted by Gasteiger charge is -2.44. The van der Waals surface area contributed by atoms with Crippen LogP contribution in [0.25, 0.3) is 0 Å². The molecule has 5 heteroatoms. The lowest BCUT2D eigenvalue weighted by molar-refractivity contribution is 0.144. The van der Waals surface area contributed by atoms with Gasteiger partial charge in [-0.2, -0.15) is 0 Å². The molecule has 1 spiro atoms. The van der Waals surface area contributed by atoms with Gasteiger partial charge in [0.15, 0.2) is 11.5 Å². The maximum Gasteiger partial charge on any atom is 0.162 e. The van der Waals surface area contributed by atoms with Crippen molar-refractivity contribution in [2.75, 3.05) is 26.7 Å². The number of aryl methyl sites for hydroxylation is 1. The van der Waals surface area contributed by atoms with Gasteiger partial charge >= 0.3 is 0 Å². The molecule has 2 aliphatic rings. The molecule has 2 aromatic carbocycles. The lowest BCUT2D eigenvalue weighted by atomic mass is 9.87. The van der Waals surface area contributed by atoms with E-state index in [-0.39, 0.29) is 17.5 Å². The molecule has 0 radical (unpaired) electrons. The third-order valence-electron chi connectivity index (χ3n) is 6.09. The summed E-state index contributed by atoms with van der Waals surface area (Å²) in [5.41, 5.74) is 4.12. The minimum Gasteiger partial charge on any atom is -0.504 e. The zero-order valence-corrected chi connectivity index (χ0v) is 17.6. The summed E-state index contributed by atoms with van der Waals surface area (Å²) in [6, 6.07) is 14.4. The molecule has 0 amide bonds. The fourth-order valence-corrected chi connectivity index (χ4v) is 4.36. The maximum atomic E-state index is 10.9. The number of hydrogen-bond acceptors (Lipinski definition) is 5. The molecule has 1 atom stereocenters. The fourth-order valence-electron chi connectivity index (χ4n) is 4.36. The number of nitrogens with one attached hydrogen (secondary N) is 1. The molecular formula is C24H31N3O2. The first-order valence-corrected chi connectivity index (χ1v) is 10.6. The number of phenolic OH excluding ortho intramolecular Hbond substituents is 1. The largest absolute Gasteiger partial charge is 0.504 e. The van der Waals surface area contributed by atoms with Gasteiger partial charge in [-0.05, 0) is 45.4 Å². The molecule has 0 aliphatic carbocycles. The van der Waals surface area contributed by atoms with Gasteiger partial charge in [0.05, 0.1) is 6.61 Å². The van der Waals surface area contributed by atoms with Crippen molar-refractivity contribution in [2.24, 2.45) is 4.99 Å². The van der Waals surface area contributed by atoms with E-state index in [1.807, 2.05) is 25.1 Å². The van der Waals surface area contributed by atoms with Gasteiger partial charge in [0.25, 0.3) is 0 Å². The fraction of sp³-hybridized carbons (Fsp3) is 0.458. The molecule has 2 heterocycles. The molecule has 0 bridgehead atoms. The molecule has 0 aromatic heterocycles. The van der Waals surface area contributed by atoms with Crippen molar-refractivity contribution in [3.63, 3.8) is 0 Å². The van der Waals surface area contributed by atoms with Gasteiger partial charge in [-0.1, -0.05) is 42.0 Å². The lowest BCUT2D eigenvalue weighted by Crippen LogP contribution is -2.55. The number of benzene rings is 2. The average molecular weight is 394 g/mol. The van der Waals surface area contributed by atoms with Gasteiger partial charge in [-0.25, -0.2) is 0 Å². The van der Waals surface area contributed by atoms with Crippen molar-refractivity contribution in [1.29, 1.82) is 0 Å². The van der Waals surface area contributed by atoms with Crippen LogP contribution in [0.3, 0.4) is 0 Å². The number of likely N-dealkylation sites (tertiary alicyclic amines) is 1. The van der Waals surface area contributed by atoms with Gasteiger partial charge < -0.3 is 14.7 Å². The molecule has 4 rings (SSSR count). The number of ether oxygens (including phenoxy) is 1. The highest BCUT2D eigenvalue weighted by atomic mass is 16.5. The Kier molecular flexibility index (Phi) is 5.61. The first-order valence-electron chi connectivity index (χ1n) is 10.6. The van der Waals surface area contributed by atoms with Crippen molar-refractivity contribution < 1.29 is 9.84 Å². The minimum absolute atomic E-state index is 0.00684. The van der Waals surface area contributed by atoms with Gasteiger partial charge in [-0.15, -0.1) is 0 Å². The summed E-state index contributed by atoms with van der Waals surface area (Å²) < 4.78 is 5.63. The van der Waals surface area contributed by atoms with Crippen LogP contribution in [0.15, 0.2) is 47.5 Å². The average Bonchev–Trinajstić information content (AvgIpc) is 2.72. The Labute approximate surface area is 173 Å². The zero-order chi connectivity index (χ0) is 20.4. The van der Waals surface area contributed by atoms with Crippen LogP contribution in [0, 0.1) is 6.92 Å². The van der Waals surface area contributed by atoms with E-state index < -0.39 is 0 Å². The quantitative estimate of drug-likeness (QED) is 0.823. The summed E-state index contributed by atoms with van der Waals surface area (Å²) in [5.74, 6) is 0.781. The number of phenols is 1. The maximum absolute atomic E-state index is 10.9. The van der Waals surface area contributed by atoms with Crippen LogP contribution in [-0.4, -0.2) is 48.1 Å². The van der Waals surface area contributed by atoms with Crippen LogP contribution in [0.5, 0.6) is 11.5 Å². The van der Waals surface area contributed by atoms with Crippen LogP contribution in [0.4, 0.5) is 0 Å². The van der Waals surface area contributed by atoms with E-state index in [1.54, 1.807) is 0 Å². The molecule has 154 valence electrons. The van der Waals surface area contributed by atoms with Crippen LogP contribution in [0.1, 0.15) is 48.9 Å².